The number of piperidine rings is 1. The molecular weight excluding hydrogens is 260 g/mol. The zero-order valence-corrected chi connectivity index (χ0v) is 13.8. The van der Waals surface area contributed by atoms with Crippen molar-refractivity contribution in [3.8, 4) is 0 Å². The van der Waals surface area contributed by atoms with Crippen LogP contribution in [0.2, 0.25) is 0 Å². The number of nitrogens with one attached hydrogen (secondary N) is 1. The molecule has 2 heterocycles. The van der Waals surface area contributed by atoms with Gasteiger partial charge in [-0.15, -0.1) is 0 Å². The van der Waals surface area contributed by atoms with Crippen LogP contribution in [-0.4, -0.2) is 23.5 Å². The Morgan fingerprint density at radius 3 is 2.90 bits per heavy atom. The summed E-state index contributed by atoms with van der Waals surface area (Å²) in [6.07, 6.45) is 7.07. The number of hydrogen-bond acceptors (Lipinski definition) is 3. The van der Waals surface area contributed by atoms with Crippen LogP contribution >= 0.6 is 0 Å². The molecule has 1 aliphatic carbocycles. The largest absolute Gasteiger partial charge is 0.463 e. The van der Waals surface area contributed by atoms with Gasteiger partial charge in [-0.25, -0.2) is 0 Å². The van der Waals surface area contributed by atoms with Crippen LogP contribution in [0.5, 0.6) is 0 Å². The van der Waals surface area contributed by atoms with Gasteiger partial charge in [-0.2, -0.15) is 0 Å². The van der Waals surface area contributed by atoms with E-state index in [0.29, 0.717) is 6.04 Å². The molecule has 118 valence electrons. The van der Waals surface area contributed by atoms with Crippen molar-refractivity contribution in [3.63, 3.8) is 0 Å². The minimum atomic E-state index is 0.499. The monoisotopic (exact) mass is 290 g/mol. The molecular formula is C18H30N2O. The van der Waals surface area contributed by atoms with Crippen LogP contribution in [0.4, 0.5) is 0 Å². The molecule has 1 saturated heterocycles. The highest BCUT2D eigenvalue weighted by Gasteiger charge is 2.35. The Labute approximate surface area is 129 Å². The number of nitrogens with zero attached hydrogens (tertiary/aromatic N) is 1. The second-order valence-electron chi connectivity index (χ2n) is 7.23. The lowest BCUT2D eigenvalue weighted by atomic mass is 9.92. The molecule has 1 aliphatic heterocycles. The Hall–Kier alpha value is -0.800. The zero-order valence-electron chi connectivity index (χ0n) is 13.8. The van der Waals surface area contributed by atoms with Gasteiger partial charge in [0, 0.05) is 12.1 Å². The molecule has 2 atom stereocenters. The molecule has 21 heavy (non-hydrogen) atoms. The summed E-state index contributed by atoms with van der Waals surface area (Å²) in [4.78, 5) is 2.68. The van der Waals surface area contributed by atoms with Crippen LogP contribution < -0.4 is 5.32 Å². The molecule has 1 aromatic heterocycles. The smallest absolute Gasteiger partial charge is 0.120 e. The second-order valence-corrected chi connectivity index (χ2v) is 7.23. The van der Waals surface area contributed by atoms with Gasteiger partial charge in [0.15, 0.2) is 0 Å². The third-order valence-electron chi connectivity index (χ3n) is 5.21. The van der Waals surface area contributed by atoms with Crippen LogP contribution in [0.3, 0.4) is 0 Å². The Morgan fingerprint density at radius 2 is 2.10 bits per heavy atom. The normalized spacial score (nSPS) is 26.5. The molecule has 0 aromatic carbocycles. The SMILES string of the molecule is Cc1cc(CN2CCCC3CCCC32)oc1CNC(C)C. The molecule has 3 rings (SSSR count). The molecule has 0 spiro atoms. The summed E-state index contributed by atoms with van der Waals surface area (Å²) in [5.74, 6) is 3.22. The number of furan rings is 1. The van der Waals surface area contributed by atoms with E-state index < -0.39 is 0 Å². The first-order chi connectivity index (χ1) is 10.1. The molecule has 1 saturated carbocycles. The minimum absolute atomic E-state index is 0.499. The van der Waals surface area contributed by atoms with Gasteiger partial charge in [0.25, 0.3) is 0 Å². The van der Waals surface area contributed by atoms with E-state index in [-0.39, 0.29) is 0 Å². The van der Waals surface area contributed by atoms with Crippen molar-refractivity contribution in [2.45, 2.75) is 78.0 Å². The maximum absolute atomic E-state index is 6.11. The predicted octanol–water partition coefficient (Wildman–Crippen LogP) is 3.85. The van der Waals surface area contributed by atoms with E-state index in [1.165, 1.54) is 44.2 Å². The van der Waals surface area contributed by atoms with Crippen molar-refractivity contribution < 1.29 is 4.42 Å². The summed E-state index contributed by atoms with van der Waals surface area (Å²) in [6, 6.07) is 3.57. The van der Waals surface area contributed by atoms with Crippen LogP contribution in [0.1, 0.15) is 63.0 Å². The first kappa shape index (κ1) is 15.1. The summed E-state index contributed by atoms with van der Waals surface area (Å²) in [7, 11) is 0. The lowest BCUT2D eigenvalue weighted by Crippen LogP contribution is -2.41. The molecule has 1 aromatic rings. The molecule has 2 aliphatic rings. The van der Waals surface area contributed by atoms with E-state index in [4.69, 9.17) is 4.42 Å². The molecule has 3 heteroatoms. The third-order valence-corrected chi connectivity index (χ3v) is 5.21. The summed E-state index contributed by atoms with van der Waals surface area (Å²) >= 11 is 0. The van der Waals surface area contributed by atoms with Crippen molar-refractivity contribution >= 4 is 0 Å². The fraction of sp³-hybridized carbons (Fsp3) is 0.778. The number of rotatable bonds is 5. The molecule has 1 N–H and O–H groups in total. The Bertz CT molecular complexity index is 466. The van der Waals surface area contributed by atoms with Gasteiger partial charge in [-0.05, 0) is 56.7 Å². The first-order valence-electron chi connectivity index (χ1n) is 8.69. The topological polar surface area (TPSA) is 28.4 Å². The number of likely N-dealkylation sites (tertiary alicyclic amines) is 1. The summed E-state index contributed by atoms with van der Waals surface area (Å²) < 4.78 is 6.11. The van der Waals surface area contributed by atoms with E-state index in [1.807, 2.05) is 0 Å². The highest BCUT2D eigenvalue weighted by atomic mass is 16.3. The summed E-state index contributed by atoms with van der Waals surface area (Å²) in [5, 5.41) is 3.45. The van der Waals surface area contributed by atoms with E-state index in [2.05, 4.69) is 37.1 Å². The van der Waals surface area contributed by atoms with Gasteiger partial charge >= 0.3 is 0 Å². The average molecular weight is 290 g/mol. The fourth-order valence-corrected chi connectivity index (χ4v) is 4.09. The quantitative estimate of drug-likeness (QED) is 0.893. The van der Waals surface area contributed by atoms with Crippen molar-refractivity contribution in [2.24, 2.45) is 5.92 Å². The average Bonchev–Trinajstić information content (AvgIpc) is 3.04. The van der Waals surface area contributed by atoms with Crippen LogP contribution in [0.25, 0.3) is 0 Å². The standard InChI is InChI=1S/C18H30N2O/c1-13(2)19-11-18-14(3)10-16(21-18)12-20-9-5-7-15-6-4-8-17(15)20/h10,13,15,17,19H,4-9,11-12H2,1-3H3. The third kappa shape index (κ3) is 3.51. The van der Waals surface area contributed by atoms with Crippen molar-refractivity contribution in [3.05, 3.63) is 23.2 Å². The maximum atomic E-state index is 6.11. The van der Waals surface area contributed by atoms with E-state index >= 15 is 0 Å². The summed E-state index contributed by atoms with van der Waals surface area (Å²) in [6.45, 7) is 9.61. The molecule has 0 bridgehead atoms. The Balaban J connectivity index is 1.63. The molecule has 2 unspecified atom stereocenters. The second kappa shape index (κ2) is 6.53. The highest BCUT2D eigenvalue weighted by Crippen LogP contribution is 2.37. The van der Waals surface area contributed by atoms with E-state index in [0.717, 1.165) is 36.6 Å². The Morgan fingerprint density at radius 1 is 1.29 bits per heavy atom. The van der Waals surface area contributed by atoms with Gasteiger partial charge in [0.1, 0.15) is 11.5 Å². The Kier molecular flexibility index (Phi) is 4.70. The van der Waals surface area contributed by atoms with Crippen LogP contribution in [0.15, 0.2) is 10.5 Å². The van der Waals surface area contributed by atoms with E-state index in [9.17, 15) is 0 Å². The van der Waals surface area contributed by atoms with Crippen molar-refractivity contribution in [2.75, 3.05) is 6.54 Å². The van der Waals surface area contributed by atoms with Gasteiger partial charge in [-0.3, -0.25) is 4.90 Å². The number of aryl methyl sites for hydroxylation is 1. The van der Waals surface area contributed by atoms with Crippen molar-refractivity contribution in [1.82, 2.24) is 10.2 Å². The predicted molar refractivity (Wildman–Crippen MR) is 86.2 cm³/mol. The van der Waals surface area contributed by atoms with Gasteiger partial charge in [-0.1, -0.05) is 20.3 Å². The molecule has 2 fully saturated rings. The van der Waals surface area contributed by atoms with Gasteiger partial charge in [0.2, 0.25) is 0 Å². The maximum Gasteiger partial charge on any atom is 0.120 e. The van der Waals surface area contributed by atoms with Crippen LogP contribution in [-0.2, 0) is 13.1 Å². The molecule has 3 nitrogen and oxygen atoms in total. The van der Waals surface area contributed by atoms with E-state index in [1.54, 1.807) is 0 Å². The zero-order chi connectivity index (χ0) is 14.8. The highest BCUT2D eigenvalue weighted by molar-refractivity contribution is 5.20. The molecule has 0 amide bonds. The lowest BCUT2D eigenvalue weighted by molar-refractivity contribution is 0.0974. The lowest BCUT2D eigenvalue weighted by Gasteiger charge is -2.37. The van der Waals surface area contributed by atoms with Gasteiger partial charge in [0.05, 0.1) is 13.1 Å². The van der Waals surface area contributed by atoms with Crippen LogP contribution in [0, 0.1) is 12.8 Å². The number of hydrogen-bond donors (Lipinski definition) is 1. The molecule has 0 radical (unpaired) electrons. The van der Waals surface area contributed by atoms with Gasteiger partial charge < -0.3 is 9.73 Å². The number of fused-ring (bicyclic) bond motifs is 1. The fourth-order valence-electron chi connectivity index (χ4n) is 4.09. The van der Waals surface area contributed by atoms with Crippen molar-refractivity contribution in [1.29, 1.82) is 0 Å². The minimum Gasteiger partial charge on any atom is -0.463 e. The first-order valence-corrected chi connectivity index (χ1v) is 8.69. The summed E-state index contributed by atoms with van der Waals surface area (Å²) in [5.41, 5.74) is 1.29.